The van der Waals surface area contributed by atoms with Crippen LogP contribution in [0, 0.1) is 0 Å². The molecule has 4 nitrogen and oxygen atoms in total. The molecule has 0 aliphatic carbocycles. The molecule has 2 aromatic rings. The molecule has 1 aliphatic heterocycles. The Morgan fingerprint density at radius 1 is 1.17 bits per heavy atom. The van der Waals surface area contributed by atoms with E-state index in [1.54, 1.807) is 54.4 Å². The fourth-order valence-electron chi connectivity index (χ4n) is 2.71. The molecule has 1 N–H and O–H groups in total. The van der Waals surface area contributed by atoms with E-state index in [0.717, 1.165) is 30.7 Å². The highest BCUT2D eigenvalue weighted by atomic mass is 32.2. The Balaban J connectivity index is 1.82. The third kappa shape index (κ3) is 3.77. The van der Waals surface area contributed by atoms with E-state index in [1.165, 1.54) is 0 Å². The van der Waals surface area contributed by atoms with Crippen LogP contribution in [-0.4, -0.2) is 26.8 Å². The van der Waals surface area contributed by atoms with Crippen molar-refractivity contribution in [3.63, 3.8) is 0 Å². The summed E-state index contributed by atoms with van der Waals surface area (Å²) < 4.78 is 34.8. The number of hydrogen-bond donors (Lipinski definition) is 1. The minimum atomic E-state index is -3.51. The number of benzene rings is 2. The van der Waals surface area contributed by atoms with Crippen molar-refractivity contribution in [3.8, 4) is 5.75 Å². The molecule has 0 fully saturated rings. The number of hydrogen-bond acceptors (Lipinski definition) is 5. The zero-order valence-electron chi connectivity index (χ0n) is 13.6. The van der Waals surface area contributed by atoms with Gasteiger partial charge in [-0.2, -0.15) is 0 Å². The standard InChI is InChI=1S/C18H21NO3S2/c1-2-23-19-13-15-10-8-14-9-11-17(12-18(14)22-15)24(20,21)16-6-4-3-5-7-16/h3-7,9,11-12,15,19H,2,8,10,13H2,1H3/t15-/m1/s1. The fourth-order valence-corrected chi connectivity index (χ4v) is 4.51. The van der Waals surface area contributed by atoms with Crippen molar-refractivity contribution in [1.82, 2.24) is 4.72 Å². The van der Waals surface area contributed by atoms with Gasteiger partial charge in [-0.15, -0.1) is 0 Å². The maximum absolute atomic E-state index is 12.7. The molecule has 0 amide bonds. The molecule has 0 radical (unpaired) electrons. The highest BCUT2D eigenvalue weighted by Gasteiger charge is 2.23. The molecular weight excluding hydrogens is 342 g/mol. The van der Waals surface area contributed by atoms with Crippen LogP contribution in [0.4, 0.5) is 0 Å². The van der Waals surface area contributed by atoms with Crippen molar-refractivity contribution in [2.45, 2.75) is 35.7 Å². The van der Waals surface area contributed by atoms with Gasteiger partial charge in [0.25, 0.3) is 0 Å². The molecule has 0 saturated carbocycles. The van der Waals surface area contributed by atoms with Crippen molar-refractivity contribution >= 4 is 21.8 Å². The third-order valence-corrected chi connectivity index (χ3v) is 6.42. The third-order valence-electron chi connectivity index (χ3n) is 3.99. The minimum absolute atomic E-state index is 0.0752. The van der Waals surface area contributed by atoms with Crippen LogP contribution in [0.3, 0.4) is 0 Å². The predicted molar refractivity (Wildman–Crippen MR) is 97.2 cm³/mol. The molecule has 3 rings (SSSR count). The lowest BCUT2D eigenvalue weighted by molar-refractivity contribution is 0.177. The highest BCUT2D eigenvalue weighted by Crippen LogP contribution is 2.32. The fraction of sp³-hybridized carbons (Fsp3) is 0.333. The first-order valence-electron chi connectivity index (χ1n) is 8.05. The zero-order valence-corrected chi connectivity index (χ0v) is 15.2. The van der Waals surface area contributed by atoms with E-state index < -0.39 is 9.84 Å². The molecule has 1 atom stereocenters. The van der Waals surface area contributed by atoms with E-state index in [4.69, 9.17) is 4.74 Å². The van der Waals surface area contributed by atoms with Crippen molar-refractivity contribution in [2.75, 3.05) is 12.3 Å². The normalized spacial score (nSPS) is 17.1. The maximum Gasteiger partial charge on any atom is 0.206 e. The van der Waals surface area contributed by atoms with Crippen LogP contribution in [0.1, 0.15) is 18.9 Å². The number of fused-ring (bicyclic) bond motifs is 1. The quantitative estimate of drug-likeness (QED) is 0.629. The van der Waals surface area contributed by atoms with Crippen LogP contribution < -0.4 is 9.46 Å². The topological polar surface area (TPSA) is 55.4 Å². The summed E-state index contributed by atoms with van der Waals surface area (Å²) in [5, 5.41) is 0. The van der Waals surface area contributed by atoms with Crippen molar-refractivity contribution in [3.05, 3.63) is 54.1 Å². The summed E-state index contributed by atoms with van der Waals surface area (Å²) in [5.74, 6) is 1.69. The van der Waals surface area contributed by atoms with E-state index in [1.807, 2.05) is 6.07 Å². The SMILES string of the molecule is CCSNC[C@H]1CCc2ccc(S(=O)(=O)c3ccccc3)cc2O1. The van der Waals surface area contributed by atoms with Gasteiger partial charge in [0.1, 0.15) is 11.9 Å². The zero-order chi connectivity index (χ0) is 17.0. The number of nitrogens with one attached hydrogen (secondary N) is 1. The van der Waals surface area contributed by atoms with Gasteiger partial charge in [-0.05, 0) is 42.7 Å². The number of ether oxygens (including phenoxy) is 1. The van der Waals surface area contributed by atoms with Crippen LogP contribution in [0.25, 0.3) is 0 Å². The molecule has 0 unspecified atom stereocenters. The maximum atomic E-state index is 12.7. The Hall–Kier alpha value is -1.50. The van der Waals surface area contributed by atoms with Crippen LogP contribution in [0.15, 0.2) is 58.3 Å². The summed E-state index contributed by atoms with van der Waals surface area (Å²) >= 11 is 1.66. The van der Waals surface area contributed by atoms with E-state index in [0.29, 0.717) is 10.6 Å². The van der Waals surface area contributed by atoms with Crippen LogP contribution in [-0.2, 0) is 16.3 Å². The Labute approximate surface area is 147 Å². The second-order valence-corrected chi connectivity index (χ2v) is 8.75. The summed E-state index contributed by atoms with van der Waals surface area (Å²) in [6.07, 6.45) is 1.92. The smallest absolute Gasteiger partial charge is 0.206 e. The monoisotopic (exact) mass is 363 g/mol. The van der Waals surface area contributed by atoms with Gasteiger partial charge in [-0.1, -0.05) is 43.1 Å². The largest absolute Gasteiger partial charge is 0.489 e. The van der Waals surface area contributed by atoms with Gasteiger partial charge in [-0.3, -0.25) is 4.72 Å². The van der Waals surface area contributed by atoms with Crippen molar-refractivity contribution < 1.29 is 13.2 Å². The summed E-state index contributed by atoms with van der Waals surface area (Å²) in [6, 6.07) is 13.7. The molecule has 6 heteroatoms. The lowest BCUT2D eigenvalue weighted by Crippen LogP contribution is -2.31. The van der Waals surface area contributed by atoms with Gasteiger partial charge >= 0.3 is 0 Å². The number of rotatable bonds is 6. The summed E-state index contributed by atoms with van der Waals surface area (Å²) in [7, 11) is -3.51. The molecular formula is C18H21NO3S2. The number of aryl methyl sites for hydroxylation is 1. The molecule has 2 aromatic carbocycles. The first kappa shape index (κ1) is 17.3. The number of sulfone groups is 1. The van der Waals surface area contributed by atoms with Gasteiger partial charge in [0.2, 0.25) is 9.84 Å². The Morgan fingerprint density at radius 3 is 2.71 bits per heavy atom. The average Bonchev–Trinajstić information content (AvgIpc) is 2.62. The molecule has 1 aliphatic rings. The summed E-state index contributed by atoms with van der Waals surface area (Å²) in [5.41, 5.74) is 1.07. The van der Waals surface area contributed by atoms with Gasteiger partial charge < -0.3 is 4.74 Å². The second-order valence-electron chi connectivity index (χ2n) is 5.65. The highest BCUT2D eigenvalue weighted by molar-refractivity contribution is 7.97. The molecule has 0 bridgehead atoms. The van der Waals surface area contributed by atoms with E-state index in [9.17, 15) is 8.42 Å². The molecule has 1 heterocycles. The first-order chi connectivity index (χ1) is 11.6. The summed E-state index contributed by atoms with van der Waals surface area (Å²) in [4.78, 5) is 0.585. The van der Waals surface area contributed by atoms with Crippen LogP contribution in [0.2, 0.25) is 0 Å². The van der Waals surface area contributed by atoms with Crippen LogP contribution >= 0.6 is 11.9 Å². The first-order valence-corrected chi connectivity index (χ1v) is 10.5. The van der Waals surface area contributed by atoms with Gasteiger partial charge in [0.15, 0.2) is 0 Å². The average molecular weight is 364 g/mol. The van der Waals surface area contributed by atoms with Gasteiger partial charge in [-0.25, -0.2) is 8.42 Å². The van der Waals surface area contributed by atoms with E-state index >= 15 is 0 Å². The summed E-state index contributed by atoms with van der Waals surface area (Å²) in [6.45, 7) is 2.85. The molecule has 0 saturated heterocycles. The Bertz CT molecular complexity index is 791. The molecule has 24 heavy (non-hydrogen) atoms. The molecule has 0 aromatic heterocycles. The van der Waals surface area contributed by atoms with Gasteiger partial charge in [0.05, 0.1) is 9.79 Å². The Kier molecular flexibility index (Phi) is 5.48. The van der Waals surface area contributed by atoms with E-state index in [-0.39, 0.29) is 11.0 Å². The van der Waals surface area contributed by atoms with Crippen LogP contribution in [0.5, 0.6) is 5.75 Å². The van der Waals surface area contributed by atoms with Crippen molar-refractivity contribution in [2.24, 2.45) is 0 Å². The lowest BCUT2D eigenvalue weighted by Gasteiger charge is -2.26. The second kappa shape index (κ2) is 7.59. The molecule has 0 spiro atoms. The lowest BCUT2D eigenvalue weighted by atomic mass is 10.0. The van der Waals surface area contributed by atoms with Gasteiger partial charge in [0, 0.05) is 12.3 Å². The molecule has 128 valence electrons. The Morgan fingerprint density at radius 2 is 1.96 bits per heavy atom. The van der Waals surface area contributed by atoms with E-state index in [2.05, 4.69) is 11.6 Å². The van der Waals surface area contributed by atoms with Crippen molar-refractivity contribution in [1.29, 1.82) is 0 Å². The minimum Gasteiger partial charge on any atom is -0.489 e. The predicted octanol–water partition coefficient (Wildman–Crippen LogP) is 3.47.